The van der Waals surface area contributed by atoms with E-state index in [0.717, 1.165) is 16.7 Å². The highest BCUT2D eigenvalue weighted by atomic mass is 35.5. The van der Waals surface area contributed by atoms with Gasteiger partial charge in [0.25, 0.3) is 0 Å². The molecule has 2 aromatic rings. The van der Waals surface area contributed by atoms with Crippen LogP contribution in [0.3, 0.4) is 0 Å². The Morgan fingerprint density at radius 3 is 2.41 bits per heavy atom. The normalized spacial score (nSPS) is 19.3. The van der Waals surface area contributed by atoms with Gasteiger partial charge in [0, 0.05) is 0 Å². The number of carbonyl (C=O) groups is 1. The number of benzene rings is 2. The maximum Gasteiger partial charge on any atom is 0.338 e. The summed E-state index contributed by atoms with van der Waals surface area (Å²) in [4.78, 5) is 12.0. The van der Waals surface area contributed by atoms with Gasteiger partial charge in [0.15, 0.2) is 0 Å². The summed E-state index contributed by atoms with van der Waals surface area (Å²) < 4.78 is 4.83. The lowest BCUT2D eigenvalue weighted by Gasteiger charge is -2.30. The first kappa shape index (κ1) is 15.9. The van der Waals surface area contributed by atoms with E-state index in [1.165, 1.54) is 7.11 Å². The molecule has 0 heterocycles. The Bertz CT molecular complexity index is 773. The number of halogens is 4. The van der Waals surface area contributed by atoms with Crippen LogP contribution in [-0.2, 0) is 4.74 Å². The van der Waals surface area contributed by atoms with Crippen LogP contribution in [0.15, 0.2) is 30.3 Å². The highest BCUT2D eigenvalue weighted by molar-refractivity contribution is 6.42. The summed E-state index contributed by atoms with van der Waals surface area (Å²) in [6.07, 6.45) is 0. The van der Waals surface area contributed by atoms with Crippen molar-refractivity contribution >= 4 is 52.4 Å². The SMILES string of the molecule is COC(=O)c1cccc2c1[C@H](Cl)[C@@H](Cl)c1cc(Cl)c(Cl)cc1-2. The molecule has 1 aliphatic rings. The fourth-order valence-electron chi connectivity index (χ4n) is 2.71. The van der Waals surface area contributed by atoms with Gasteiger partial charge in [-0.1, -0.05) is 35.3 Å². The molecule has 0 bridgehead atoms. The number of hydrogen-bond donors (Lipinski definition) is 0. The van der Waals surface area contributed by atoms with Crippen molar-refractivity contribution in [2.24, 2.45) is 0 Å². The van der Waals surface area contributed by atoms with E-state index in [1.807, 2.05) is 6.07 Å². The lowest BCUT2D eigenvalue weighted by atomic mass is 9.82. The smallest absolute Gasteiger partial charge is 0.338 e. The quantitative estimate of drug-likeness (QED) is 0.450. The van der Waals surface area contributed by atoms with Gasteiger partial charge < -0.3 is 4.74 Å². The molecule has 0 radical (unpaired) electrons. The number of carbonyl (C=O) groups excluding carboxylic acids is 1. The van der Waals surface area contributed by atoms with Crippen molar-refractivity contribution in [3.63, 3.8) is 0 Å². The van der Waals surface area contributed by atoms with Gasteiger partial charge in [-0.2, -0.15) is 0 Å². The Labute approximate surface area is 147 Å². The Morgan fingerprint density at radius 2 is 1.73 bits per heavy atom. The molecule has 6 heteroatoms. The van der Waals surface area contributed by atoms with Gasteiger partial charge in [-0.3, -0.25) is 0 Å². The van der Waals surface area contributed by atoms with Crippen LogP contribution in [0.1, 0.15) is 32.2 Å². The van der Waals surface area contributed by atoms with Crippen molar-refractivity contribution in [3.8, 4) is 11.1 Å². The molecule has 3 rings (SSSR count). The third-order valence-corrected chi connectivity index (χ3v) is 5.53. The molecule has 0 spiro atoms. The highest BCUT2D eigenvalue weighted by Gasteiger charge is 2.35. The van der Waals surface area contributed by atoms with E-state index in [0.29, 0.717) is 21.2 Å². The van der Waals surface area contributed by atoms with Crippen molar-refractivity contribution in [1.29, 1.82) is 0 Å². The summed E-state index contributed by atoms with van der Waals surface area (Å²) in [5.74, 6) is -0.449. The summed E-state index contributed by atoms with van der Waals surface area (Å²) in [5, 5.41) is -0.254. The molecule has 0 N–H and O–H groups in total. The number of ether oxygens (including phenoxy) is 1. The lowest BCUT2D eigenvalue weighted by molar-refractivity contribution is 0.0599. The first-order valence-corrected chi connectivity index (χ1v) is 8.07. The van der Waals surface area contributed by atoms with E-state index in [1.54, 1.807) is 24.3 Å². The second kappa shape index (κ2) is 5.93. The molecule has 22 heavy (non-hydrogen) atoms. The molecule has 0 saturated heterocycles. The molecule has 1 aliphatic carbocycles. The van der Waals surface area contributed by atoms with E-state index < -0.39 is 16.7 Å². The minimum atomic E-state index is -0.572. The van der Waals surface area contributed by atoms with Crippen molar-refractivity contribution in [2.75, 3.05) is 7.11 Å². The summed E-state index contributed by atoms with van der Waals surface area (Å²) in [6.45, 7) is 0. The molecule has 0 saturated carbocycles. The number of hydrogen-bond acceptors (Lipinski definition) is 2. The van der Waals surface area contributed by atoms with Crippen LogP contribution in [0.25, 0.3) is 11.1 Å². The largest absolute Gasteiger partial charge is 0.465 e. The molecule has 114 valence electrons. The summed E-state index contributed by atoms with van der Waals surface area (Å²) >= 11 is 25.2. The molecular weight excluding hydrogens is 366 g/mol. The maximum atomic E-state index is 12.0. The van der Waals surface area contributed by atoms with Crippen LogP contribution >= 0.6 is 46.4 Å². The monoisotopic (exact) mass is 374 g/mol. The summed E-state index contributed by atoms with van der Waals surface area (Å²) in [6, 6.07) is 8.79. The van der Waals surface area contributed by atoms with E-state index in [4.69, 9.17) is 51.1 Å². The molecule has 0 unspecified atom stereocenters. The standard InChI is InChI=1S/C16H10Cl4O2/c1-22-16(21)8-4-2-3-7-9-5-11(17)12(18)6-10(9)14(19)15(20)13(7)8/h2-6,14-15H,1H3/t14-,15-/m0/s1. The predicted molar refractivity (Wildman–Crippen MR) is 90.4 cm³/mol. The third-order valence-electron chi connectivity index (χ3n) is 3.72. The van der Waals surface area contributed by atoms with Crippen LogP contribution in [-0.4, -0.2) is 13.1 Å². The van der Waals surface area contributed by atoms with Gasteiger partial charge in [0.05, 0.1) is 33.5 Å². The Morgan fingerprint density at radius 1 is 1.05 bits per heavy atom. The zero-order chi connectivity index (χ0) is 16.0. The van der Waals surface area contributed by atoms with Crippen LogP contribution in [0.5, 0.6) is 0 Å². The van der Waals surface area contributed by atoms with Crippen molar-refractivity contribution in [1.82, 2.24) is 0 Å². The van der Waals surface area contributed by atoms with E-state index in [2.05, 4.69) is 0 Å². The number of esters is 1. The average molecular weight is 376 g/mol. The zero-order valence-electron chi connectivity index (χ0n) is 11.4. The summed E-state index contributed by atoms with van der Waals surface area (Å²) in [7, 11) is 1.33. The molecule has 2 nitrogen and oxygen atoms in total. The number of alkyl halides is 2. The first-order valence-electron chi connectivity index (χ1n) is 6.44. The Kier molecular flexibility index (Phi) is 4.30. The molecular formula is C16H10Cl4O2. The second-order valence-corrected chi connectivity index (χ2v) is 6.67. The van der Waals surface area contributed by atoms with Crippen LogP contribution in [0, 0.1) is 0 Å². The number of rotatable bonds is 1. The van der Waals surface area contributed by atoms with Gasteiger partial charge in [-0.05, 0) is 40.5 Å². The highest BCUT2D eigenvalue weighted by Crippen LogP contribution is 2.53. The Hall–Kier alpha value is -0.930. The van der Waals surface area contributed by atoms with Crippen LogP contribution < -0.4 is 0 Å². The summed E-state index contributed by atoms with van der Waals surface area (Å²) in [5.41, 5.74) is 3.50. The van der Waals surface area contributed by atoms with E-state index >= 15 is 0 Å². The van der Waals surface area contributed by atoms with Crippen molar-refractivity contribution in [3.05, 3.63) is 57.1 Å². The number of methoxy groups -OCH3 is 1. The van der Waals surface area contributed by atoms with E-state index in [-0.39, 0.29) is 0 Å². The molecule has 0 fully saturated rings. The minimum absolute atomic E-state index is 0.405. The zero-order valence-corrected chi connectivity index (χ0v) is 14.4. The van der Waals surface area contributed by atoms with Gasteiger partial charge in [-0.25, -0.2) is 4.79 Å². The Balaban J connectivity index is 2.33. The van der Waals surface area contributed by atoms with E-state index in [9.17, 15) is 4.79 Å². The van der Waals surface area contributed by atoms with Crippen molar-refractivity contribution in [2.45, 2.75) is 10.8 Å². The molecule has 2 atom stereocenters. The molecule has 0 amide bonds. The fourth-order valence-corrected chi connectivity index (χ4v) is 3.73. The van der Waals surface area contributed by atoms with Gasteiger partial charge in [-0.15, -0.1) is 23.2 Å². The first-order chi connectivity index (χ1) is 10.5. The minimum Gasteiger partial charge on any atom is -0.465 e. The molecule has 2 aromatic carbocycles. The molecule has 0 aliphatic heterocycles. The van der Waals surface area contributed by atoms with Gasteiger partial charge in [0.1, 0.15) is 0 Å². The second-order valence-electron chi connectivity index (χ2n) is 4.92. The topological polar surface area (TPSA) is 26.3 Å². The maximum absolute atomic E-state index is 12.0. The van der Waals surface area contributed by atoms with Crippen LogP contribution in [0.2, 0.25) is 10.0 Å². The lowest BCUT2D eigenvalue weighted by Crippen LogP contribution is -2.15. The van der Waals surface area contributed by atoms with Gasteiger partial charge >= 0.3 is 5.97 Å². The predicted octanol–water partition coefficient (Wildman–Crippen LogP) is 6.02. The molecule has 0 aromatic heterocycles. The van der Waals surface area contributed by atoms with Crippen molar-refractivity contribution < 1.29 is 9.53 Å². The fraction of sp³-hybridized carbons (Fsp3) is 0.188. The van der Waals surface area contributed by atoms with Crippen LogP contribution in [0.4, 0.5) is 0 Å². The van der Waals surface area contributed by atoms with Gasteiger partial charge in [0.2, 0.25) is 0 Å². The number of fused-ring (bicyclic) bond motifs is 3. The third kappa shape index (κ3) is 2.39. The average Bonchev–Trinajstić information content (AvgIpc) is 2.53.